The fourth-order valence-electron chi connectivity index (χ4n) is 4.64. The fourth-order valence-corrected chi connectivity index (χ4v) is 5.33. The summed E-state index contributed by atoms with van der Waals surface area (Å²) in [7, 11) is 0. The van der Waals surface area contributed by atoms with E-state index >= 15 is 0 Å². The van der Waals surface area contributed by atoms with Gasteiger partial charge in [-0.2, -0.15) is 0 Å². The molecular weight excluding hydrogens is 486 g/mol. The molecule has 5 rings (SSSR count). The molecule has 0 aromatic heterocycles. The van der Waals surface area contributed by atoms with Crippen LogP contribution in [-0.2, 0) is 0 Å². The Bertz CT molecular complexity index is 1160. The van der Waals surface area contributed by atoms with Crippen LogP contribution in [0.2, 0.25) is 0 Å². The number of rotatable bonds is 2. The van der Waals surface area contributed by atoms with E-state index in [9.17, 15) is 9.59 Å². The van der Waals surface area contributed by atoms with Crippen molar-refractivity contribution >= 4 is 27.5 Å². The van der Waals surface area contributed by atoms with Crippen LogP contribution >= 0.6 is 15.9 Å². The lowest BCUT2D eigenvalue weighted by Gasteiger charge is -2.26. The summed E-state index contributed by atoms with van der Waals surface area (Å²) in [4.78, 5) is 23.4. The maximum atomic E-state index is 11.9. The van der Waals surface area contributed by atoms with Gasteiger partial charge in [-0.15, -0.1) is 12.8 Å². The van der Waals surface area contributed by atoms with Crippen molar-refractivity contribution in [3.63, 3.8) is 0 Å². The van der Waals surface area contributed by atoms with Gasteiger partial charge in [-0.1, -0.05) is 83.7 Å². The number of hydrogen-bond acceptors (Lipinski definition) is 3. The monoisotopic (exact) mass is 517 g/mol. The van der Waals surface area contributed by atoms with E-state index in [1.54, 1.807) is 0 Å². The largest absolute Gasteiger partial charge is 0.307 e. The molecule has 1 N–H and O–H groups in total. The van der Waals surface area contributed by atoms with Gasteiger partial charge in [-0.3, -0.25) is 9.59 Å². The second kappa shape index (κ2) is 13.0. The van der Waals surface area contributed by atoms with Crippen molar-refractivity contribution in [3.05, 3.63) is 70.8 Å². The molecule has 2 aromatic rings. The average Bonchev–Trinajstić information content (AvgIpc) is 3.35. The van der Waals surface area contributed by atoms with Crippen molar-refractivity contribution in [2.75, 3.05) is 0 Å². The Morgan fingerprint density at radius 1 is 0.794 bits per heavy atom. The lowest BCUT2D eigenvalue weighted by atomic mass is 9.94. The SMILES string of the molecule is C#CC#CC#C.O=C1CC(Br)c2ccccc21.O=C1CC(NC2CCCCC2)c2ccccc21.[HH].[HH]. The third-order valence-corrected chi connectivity index (χ3v) is 7.06. The summed E-state index contributed by atoms with van der Waals surface area (Å²) in [6, 6.07) is 16.7. The van der Waals surface area contributed by atoms with Crippen LogP contribution in [0.3, 0.4) is 0 Å². The first-order valence-corrected chi connectivity index (χ1v) is 12.5. The molecule has 3 nitrogen and oxygen atoms in total. The molecule has 2 unspecified atom stereocenters. The van der Waals surface area contributed by atoms with Crippen molar-refractivity contribution in [2.24, 2.45) is 0 Å². The van der Waals surface area contributed by atoms with Crippen LogP contribution in [0, 0.1) is 36.5 Å². The molecule has 0 saturated heterocycles. The Morgan fingerprint density at radius 2 is 1.32 bits per heavy atom. The lowest BCUT2D eigenvalue weighted by molar-refractivity contribution is 0.0979. The van der Waals surface area contributed by atoms with E-state index in [0.717, 1.165) is 16.7 Å². The van der Waals surface area contributed by atoms with Gasteiger partial charge in [0.15, 0.2) is 11.6 Å². The molecule has 0 spiro atoms. The molecule has 3 aliphatic carbocycles. The summed E-state index contributed by atoms with van der Waals surface area (Å²) in [5.74, 6) is 9.16. The van der Waals surface area contributed by atoms with Gasteiger partial charge in [0.1, 0.15) is 0 Å². The van der Waals surface area contributed by atoms with Gasteiger partial charge < -0.3 is 5.32 Å². The number of hydrogen-bond donors (Lipinski definition) is 1. The predicted octanol–water partition coefficient (Wildman–Crippen LogP) is 6.69. The zero-order chi connectivity index (χ0) is 24.3. The van der Waals surface area contributed by atoms with E-state index in [1.807, 2.05) is 42.5 Å². The van der Waals surface area contributed by atoms with Crippen molar-refractivity contribution in [1.29, 1.82) is 0 Å². The molecule has 0 bridgehead atoms. The van der Waals surface area contributed by atoms with Crippen molar-refractivity contribution in [2.45, 2.75) is 61.9 Å². The number of fused-ring (bicyclic) bond motifs is 2. The molecule has 0 amide bonds. The van der Waals surface area contributed by atoms with Crippen LogP contribution in [0.15, 0.2) is 48.5 Å². The van der Waals surface area contributed by atoms with Gasteiger partial charge in [-0.05, 0) is 47.7 Å². The zero-order valence-corrected chi connectivity index (χ0v) is 20.7. The first-order chi connectivity index (χ1) is 16.5. The number of terminal acetylenes is 2. The van der Waals surface area contributed by atoms with Gasteiger partial charge in [-0.25, -0.2) is 0 Å². The molecule has 1 fully saturated rings. The predicted molar refractivity (Wildman–Crippen MR) is 145 cm³/mol. The summed E-state index contributed by atoms with van der Waals surface area (Å²) in [6.45, 7) is 0. The highest BCUT2D eigenvalue weighted by atomic mass is 79.9. The smallest absolute Gasteiger partial charge is 0.165 e. The van der Waals surface area contributed by atoms with E-state index in [1.165, 1.54) is 37.7 Å². The highest BCUT2D eigenvalue weighted by Gasteiger charge is 2.30. The Balaban J connectivity index is 0.000000296. The number of ketones is 2. The summed E-state index contributed by atoms with van der Waals surface area (Å²) in [6.07, 6.45) is 17.2. The fraction of sp³-hybridized carbons (Fsp3) is 0.333. The van der Waals surface area contributed by atoms with Gasteiger partial charge in [0.2, 0.25) is 0 Å². The molecule has 0 radical (unpaired) electrons. The summed E-state index contributed by atoms with van der Waals surface area (Å²) < 4.78 is 0. The minimum Gasteiger partial charge on any atom is -0.307 e. The topological polar surface area (TPSA) is 46.2 Å². The molecule has 1 saturated carbocycles. The quantitative estimate of drug-likeness (QED) is 0.356. The lowest BCUT2D eigenvalue weighted by Crippen LogP contribution is -2.33. The number of halogens is 1. The van der Waals surface area contributed by atoms with Crippen LogP contribution in [0.1, 0.15) is 90.5 Å². The summed E-state index contributed by atoms with van der Waals surface area (Å²) in [5, 5.41) is 3.68. The molecule has 0 aliphatic heterocycles. The first-order valence-electron chi connectivity index (χ1n) is 11.6. The Hall–Kier alpha value is -3.10. The minimum atomic E-state index is 0. The summed E-state index contributed by atoms with van der Waals surface area (Å²) in [5.41, 5.74) is 4.16. The van der Waals surface area contributed by atoms with E-state index in [2.05, 4.69) is 51.0 Å². The highest BCUT2D eigenvalue weighted by Crippen LogP contribution is 2.37. The third kappa shape index (κ3) is 6.71. The molecule has 34 heavy (non-hydrogen) atoms. The molecule has 0 heterocycles. The first kappa shape index (κ1) is 25.5. The standard InChI is InChI=1S/C15H19NO.C9H7BrO.C6H2.2H2/c17-15-10-14(12-8-4-5-9-13(12)15)16-11-6-2-1-3-7-11;10-8-5-9(11)7-4-2-1-3-6(7)8;1-3-5-6-4-2;;/h4-5,8-9,11,14,16H,1-3,6-7,10H2;1-4,8H,5H2;1-2H;2*1H. The number of nitrogens with one attached hydrogen (secondary N) is 1. The van der Waals surface area contributed by atoms with E-state index in [-0.39, 0.29) is 19.5 Å². The van der Waals surface area contributed by atoms with Gasteiger partial charge in [0, 0.05) is 43.7 Å². The minimum absolute atomic E-state index is 0. The molecule has 4 heteroatoms. The highest BCUT2D eigenvalue weighted by molar-refractivity contribution is 9.09. The number of carbonyl (C=O) groups excluding carboxylic acids is 2. The Labute approximate surface area is 214 Å². The average molecular weight is 518 g/mol. The normalized spacial score (nSPS) is 20.1. The number of carbonyl (C=O) groups is 2. The number of alkyl halides is 1. The van der Waals surface area contributed by atoms with E-state index < -0.39 is 0 Å². The van der Waals surface area contributed by atoms with Crippen molar-refractivity contribution in [3.8, 4) is 36.5 Å². The van der Waals surface area contributed by atoms with E-state index in [0.29, 0.717) is 24.7 Å². The van der Waals surface area contributed by atoms with Crippen LogP contribution < -0.4 is 5.32 Å². The van der Waals surface area contributed by atoms with Crippen LogP contribution in [0.4, 0.5) is 0 Å². The van der Waals surface area contributed by atoms with E-state index in [4.69, 9.17) is 12.8 Å². The Morgan fingerprint density at radius 3 is 1.91 bits per heavy atom. The Kier molecular flexibility index (Phi) is 9.73. The summed E-state index contributed by atoms with van der Waals surface area (Å²) >= 11 is 3.46. The van der Waals surface area contributed by atoms with Crippen LogP contribution in [0.25, 0.3) is 0 Å². The maximum Gasteiger partial charge on any atom is 0.165 e. The van der Waals surface area contributed by atoms with Crippen molar-refractivity contribution in [1.82, 2.24) is 5.32 Å². The molecule has 176 valence electrons. The number of Topliss-reactive ketones (excluding diaryl/α,β-unsaturated/α-hetero) is 2. The molecule has 3 aliphatic rings. The van der Waals surface area contributed by atoms with Gasteiger partial charge in [0.05, 0.1) is 0 Å². The van der Waals surface area contributed by atoms with Crippen LogP contribution in [-0.4, -0.2) is 17.6 Å². The molecule has 2 atom stereocenters. The molecule has 2 aromatic carbocycles. The molecular formula is C30H32BrNO2. The maximum absolute atomic E-state index is 11.9. The zero-order valence-electron chi connectivity index (χ0n) is 19.1. The van der Waals surface area contributed by atoms with Gasteiger partial charge in [0.25, 0.3) is 0 Å². The van der Waals surface area contributed by atoms with Crippen molar-refractivity contribution < 1.29 is 12.4 Å². The second-order valence-electron chi connectivity index (χ2n) is 8.49. The van der Waals surface area contributed by atoms with Crippen LogP contribution in [0.5, 0.6) is 0 Å². The third-order valence-electron chi connectivity index (χ3n) is 6.24. The van der Waals surface area contributed by atoms with Gasteiger partial charge >= 0.3 is 0 Å². The second-order valence-corrected chi connectivity index (χ2v) is 9.59. The number of benzene rings is 2.